The summed E-state index contributed by atoms with van der Waals surface area (Å²) in [5.41, 5.74) is 1.87. The molecule has 0 saturated heterocycles. The summed E-state index contributed by atoms with van der Waals surface area (Å²) in [5, 5.41) is 7.67. The Hall–Kier alpha value is -1.18. The summed E-state index contributed by atoms with van der Waals surface area (Å²) in [6.45, 7) is 7.19. The first-order valence-corrected chi connectivity index (χ1v) is 7.42. The lowest BCUT2D eigenvalue weighted by atomic mass is 10.1. The van der Waals surface area contributed by atoms with Gasteiger partial charge in [-0.15, -0.1) is 0 Å². The van der Waals surface area contributed by atoms with Crippen molar-refractivity contribution in [3.05, 3.63) is 21.5 Å². The van der Waals surface area contributed by atoms with Crippen LogP contribution in [0.4, 0.5) is 5.82 Å². The first-order chi connectivity index (χ1) is 9.02. The van der Waals surface area contributed by atoms with E-state index in [0.29, 0.717) is 11.7 Å². The van der Waals surface area contributed by atoms with Gasteiger partial charge in [-0.05, 0) is 41.5 Å². The Kier molecular flexibility index (Phi) is 4.38. The summed E-state index contributed by atoms with van der Waals surface area (Å²) in [5.74, 6) is 1.93. The van der Waals surface area contributed by atoms with Crippen molar-refractivity contribution in [3.63, 3.8) is 0 Å². The minimum atomic E-state index is 0.356. The van der Waals surface area contributed by atoms with Crippen LogP contribution in [0.25, 0.3) is 11.5 Å². The number of halogens is 1. The average Bonchev–Trinajstić information content (AvgIpc) is 2.78. The van der Waals surface area contributed by atoms with E-state index >= 15 is 0 Å². The van der Waals surface area contributed by atoms with Crippen molar-refractivity contribution in [1.29, 1.82) is 0 Å². The van der Waals surface area contributed by atoms with E-state index in [1.165, 1.54) is 0 Å². The number of nitrogens with zero attached hydrogens (tertiary/aromatic N) is 4. The Morgan fingerprint density at radius 2 is 2.11 bits per heavy atom. The largest absolute Gasteiger partial charge is 0.369 e. The number of nitrogens with one attached hydrogen (secondary N) is 1. The lowest BCUT2D eigenvalue weighted by molar-refractivity contribution is 0.765. The highest BCUT2D eigenvalue weighted by atomic mass is 127. The van der Waals surface area contributed by atoms with Crippen molar-refractivity contribution >= 4 is 28.4 Å². The van der Waals surface area contributed by atoms with Crippen LogP contribution in [0.15, 0.2) is 12.3 Å². The molecule has 0 atom stereocenters. The lowest BCUT2D eigenvalue weighted by Gasteiger charge is -2.13. The third-order valence-corrected chi connectivity index (χ3v) is 3.77. The third kappa shape index (κ3) is 3.05. The van der Waals surface area contributed by atoms with Crippen molar-refractivity contribution in [1.82, 2.24) is 19.7 Å². The molecule has 0 aliphatic carbocycles. The van der Waals surface area contributed by atoms with Gasteiger partial charge in [0.25, 0.3) is 0 Å². The van der Waals surface area contributed by atoms with Crippen LogP contribution in [0.1, 0.15) is 32.4 Å². The van der Waals surface area contributed by atoms with Gasteiger partial charge in [0, 0.05) is 19.8 Å². The molecular formula is C13H18IN5. The molecule has 6 heteroatoms. The highest BCUT2D eigenvalue weighted by Gasteiger charge is 2.16. The van der Waals surface area contributed by atoms with Crippen molar-refractivity contribution in [2.75, 3.05) is 11.9 Å². The van der Waals surface area contributed by atoms with Gasteiger partial charge >= 0.3 is 0 Å². The van der Waals surface area contributed by atoms with Gasteiger partial charge in [0.1, 0.15) is 11.5 Å². The fourth-order valence-electron chi connectivity index (χ4n) is 1.78. The maximum atomic E-state index is 4.66. The molecule has 5 nitrogen and oxygen atoms in total. The quantitative estimate of drug-likeness (QED) is 0.840. The zero-order valence-electron chi connectivity index (χ0n) is 11.6. The van der Waals surface area contributed by atoms with E-state index in [4.69, 9.17) is 0 Å². The second-order valence-corrected chi connectivity index (χ2v) is 5.73. The summed E-state index contributed by atoms with van der Waals surface area (Å²) < 4.78 is 2.85. The summed E-state index contributed by atoms with van der Waals surface area (Å²) in [6.07, 6.45) is 1.90. The molecule has 0 amide bonds. The minimum Gasteiger partial charge on any atom is -0.369 e. The number of hydrogen-bond acceptors (Lipinski definition) is 4. The van der Waals surface area contributed by atoms with Gasteiger partial charge < -0.3 is 5.32 Å². The van der Waals surface area contributed by atoms with E-state index in [9.17, 15) is 0 Å². The Morgan fingerprint density at radius 3 is 2.63 bits per heavy atom. The molecule has 0 aliphatic heterocycles. The lowest BCUT2D eigenvalue weighted by Crippen LogP contribution is -2.09. The fraction of sp³-hybridized carbons (Fsp3) is 0.462. The standard InChI is InChI=1S/C13H18IN5/c1-5-15-13-10(14)11(8(2)3)16-12(17-13)9-6-7-19(4)18-9/h6-8H,5H2,1-4H3,(H,15,16,17). The van der Waals surface area contributed by atoms with Gasteiger partial charge in [-0.3, -0.25) is 4.68 Å². The van der Waals surface area contributed by atoms with Crippen molar-refractivity contribution < 1.29 is 0 Å². The summed E-state index contributed by atoms with van der Waals surface area (Å²) >= 11 is 2.31. The van der Waals surface area contributed by atoms with Gasteiger partial charge in [-0.1, -0.05) is 13.8 Å². The molecule has 2 aromatic rings. The monoisotopic (exact) mass is 371 g/mol. The number of aryl methyl sites for hydroxylation is 1. The Bertz CT molecular complexity index is 576. The molecule has 2 rings (SSSR count). The maximum Gasteiger partial charge on any atom is 0.182 e. The van der Waals surface area contributed by atoms with Gasteiger partial charge in [0.2, 0.25) is 0 Å². The van der Waals surface area contributed by atoms with Crippen LogP contribution in [-0.2, 0) is 7.05 Å². The number of anilines is 1. The van der Waals surface area contributed by atoms with Crippen LogP contribution in [0.3, 0.4) is 0 Å². The van der Waals surface area contributed by atoms with E-state index in [1.54, 1.807) is 4.68 Å². The highest BCUT2D eigenvalue weighted by molar-refractivity contribution is 14.1. The molecule has 1 N–H and O–H groups in total. The van der Waals surface area contributed by atoms with Crippen LogP contribution in [0.5, 0.6) is 0 Å². The second-order valence-electron chi connectivity index (χ2n) is 4.65. The summed E-state index contributed by atoms with van der Waals surface area (Å²) in [4.78, 5) is 9.25. The summed E-state index contributed by atoms with van der Waals surface area (Å²) in [6, 6.07) is 1.93. The van der Waals surface area contributed by atoms with E-state index < -0.39 is 0 Å². The molecule has 2 heterocycles. The molecule has 2 aromatic heterocycles. The van der Waals surface area contributed by atoms with Crippen molar-refractivity contribution in [3.8, 4) is 11.5 Å². The molecule has 0 spiro atoms. The highest BCUT2D eigenvalue weighted by Crippen LogP contribution is 2.27. The molecule has 0 bridgehead atoms. The average molecular weight is 371 g/mol. The zero-order valence-corrected chi connectivity index (χ0v) is 13.8. The van der Waals surface area contributed by atoms with Gasteiger partial charge in [-0.25, -0.2) is 9.97 Å². The molecular weight excluding hydrogens is 353 g/mol. The molecule has 0 fully saturated rings. The van der Waals surface area contributed by atoms with Crippen LogP contribution < -0.4 is 5.32 Å². The predicted octanol–water partition coefficient (Wildman–Crippen LogP) is 3.04. The zero-order chi connectivity index (χ0) is 14.0. The Balaban J connectivity index is 2.55. The van der Waals surface area contributed by atoms with Gasteiger partial charge in [0.05, 0.1) is 9.26 Å². The van der Waals surface area contributed by atoms with E-state index in [0.717, 1.165) is 27.3 Å². The Morgan fingerprint density at radius 1 is 1.37 bits per heavy atom. The third-order valence-electron chi connectivity index (χ3n) is 2.71. The molecule has 102 valence electrons. The fourth-order valence-corrected chi connectivity index (χ4v) is 2.84. The van der Waals surface area contributed by atoms with Crippen LogP contribution in [0, 0.1) is 3.57 Å². The maximum absolute atomic E-state index is 4.66. The molecule has 0 aliphatic rings. The number of aromatic nitrogens is 4. The van der Waals surface area contributed by atoms with Crippen molar-refractivity contribution in [2.24, 2.45) is 7.05 Å². The number of rotatable bonds is 4. The first-order valence-electron chi connectivity index (χ1n) is 6.34. The van der Waals surface area contributed by atoms with Crippen LogP contribution in [0.2, 0.25) is 0 Å². The topological polar surface area (TPSA) is 55.6 Å². The first kappa shape index (κ1) is 14.2. The SMILES string of the molecule is CCNc1nc(-c2ccn(C)n2)nc(C(C)C)c1I. The smallest absolute Gasteiger partial charge is 0.182 e. The molecule has 0 radical (unpaired) electrons. The second kappa shape index (κ2) is 5.85. The molecule has 0 saturated carbocycles. The minimum absolute atomic E-state index is 0.356. The normalized spacial score (nSPS) is 11.1. The molecule has 0 aromatic carbocycles. The molecule has 19 heavy (non-hydrogen) atoms. The van der Waals surface area contributed by atoms with E-state index in [2.05, 4.69) is 63.7 Å². The molecule has 0 unspecified atom stereocenters. The van der Waals surface area contributed by atoms with Crippen LogP contribution >= 0.6 is 22.6 Å². The van der Waals surface area contributed by atoms with E-state index in [-0.39, 0.29) is 0 Å². The Labute approximate surface area is 127 Å². The van der Waals surface area contributed by atoms with E-state index in [1.807, 2.05) is 19.3 Å². The van der Waals surface area contributed by atoms with Crippen LogP contribution in [-0.4, -0.2) is 26.3 Å². The van der Waals surface area contributed by atoms with Gasteiger partial charge in [0.15, 0.2) is 5.82 Å². The number of hydrogen-bond donors (Lipinski definition) is 1. The van der Waals surface area contributed by atoms with Crippen molar-refractivity contribution in [2.45, 2.75) is 26.7 Å². The van der Waals surface area contributed by atoms with Gasteiger partial charge in [-0.2, -0.15) is 5.10 Å². The predicted molar refractivity (Wildman–Crippen MR) is 85.2 cm³/mol. The summed E-state index contributed by atoms with van der Waals surface area (Å²) in [7, 11) is 1.89.